The summed E-state index contributed by atoms with van der Waals surface area (Å²) in [4.78, 5) is 11.8. The highest BCUT2D eigenvalue weighted by molar-refractivity contribution is 7.99. The van der Waals surface area contributed by atoms with Crippen LogP contribution in [0, 0.1) is 5.82 Å². The van der Waals surface area contributed by atoms with E-state index >= 15 is 0 Å². The highest BCUT2D eigenvalue weighted by atomic mass is 32.2. The van der Waals surface area contributed by atoms with Crippen molar-refractivity contribution in [2.45, 2.75) is 32.2 Å². The van der Waals surface area contributed by atoms with Gasteiger partial charge in [0.1, 0.15) is 5.82 Å². The highest BCUT2D eigenvalue weighted by Crippen LogP contribution is 2.12. The number of carbonyl (C=O) groups excluding carboxylic acids is 1. The zero-order valence-electron chi connectivity index (χ0n) is 12.5. The summed E-state index contributed by atoms with van der Waals surface area (Å²) < 4.78 is 14.8. The maximum absolute atomic E-state index is 13.0. The monoisotopic (exact) mass is 323 g/mol. The van der Waals surface area contributed by atoms with Crippen LogP contribution in [0.15, 0.2) is 24.3 Å². The Labute approximate surface area is 132 Å². The molecule has 8 heteroatoms. The molecule has 0 radical (unpaired) electrons. The van der Waals surface area contributed by atoms with Gasteiger partial charge in [0.05, 0.1) is 17.5 Å². The van der Waals surface area contributed by atoms with Crippen molar-refractivity contribution in [3.63, 3.8) is 0 Å². The summed E-state index contributed by atoms with van der Waals surface area (Å²) in [6, 6.07) is 6.36. The van der Waals surface area contributed by atoms with Gasteiger partial charge < -0.3 is 5.32 Å². The molecule has 0 atom stereocenters. The Balaban J connectivity index is 1.73. The van der Waals surface area contributed by atoms with Crippen LogP contribution in [0.25, 0.3) is 0 Å². The second-order valence-corrected chi connectivity index (χ2v) is 6.02. The molecule has 2 aromatic rings. The fourth-order valence-corrected chi connectivity index (χ4v) is 2.60. The van der Waals surface area contributed by atoms with Crippen LogP contribution < -0.4 is 5.32 Å². The van der Waals surface area contributed by atoms with Gasteiger partial charge in [-0.3, -0.25) is 4.79 Å². The predicted molar refractivity (Wildman–Crippen MR) is 82.6 cm³/mol. The van der Waals surface area contributed by atoms with Crippen LogP contribution in [0.5, 0.6) is 0 Å². The molecule has 0 fully saturated rings. The van der Waals surface area contributed by atoms with Crippen molar-refractivity contribution in [1.82, 2.24) is 25.5 Å². The second-order valence-electron chi connectivity index (χ2n) is 5.03. The normalized spacial score (nSPS) is 10.9. The number of halogens is 1. The molecule has 6 nitrogen and oxygen atoms in total. The Morgan fingerprint density at radius 2 is 2.27 bits per heavy atom. The third-order valence-corrected chi connectivity index (χ3v) is 3.82. The number of rotatable bonds is 7. The van der Waals surface area contributed by atoms with Gasteiger partial charge in [-0.1, -0.05) is 12.1 Å². The van der Waals surface area contributed by atoms with E-state index in [1.54, 1.807) is 16.8 Å². The Hall–Kier alpha value is -1.96. The van der Waals surface area contributed by atoms with Gasteiger partial charge >= 0.3 is 0 Å². The van der Waals surface area contributed by atoms with Gasteiger partial charge in [0.15, 0.2) is 5.82 Å². The molecule has 0 saturated carbocycles. The van der Waals surface area contributed by atoms with E-state index in [0.717, 1.165) is 11.4 Å². The third-order valence-electron chi connectivity index (χ3n) is 2.89. The predicted octanol–water partition coefficient (Wildman–Crippen LogP) is 1.94. The first-order valence-corrected chi connectivity index (χ1v) is 8.07. The van der Waals surface area contributed by atoms with Crippen LogP contribution in [0.4, 0.5) is 4.39 Å². The molecule has 0 aliphatic carbocycles. The van der Waals surface area contributed by atoms with E-state index in [1.807, 2.05) is 13.8 Å². The zero-order valence-corrected chi connectivity index (χ0v) is 13.3. The van der Waals surface area contributed by atoms with E-state index < -0.39 is 0 Å². The number of hydrogen-bond donors (Lipinski definition) is 1. The number of hydrogen-bond acceptors (Lipinski definition) is 5. The van der Waals surface area contributed by atoms with Gasteiger partial charge in [-0.2, -0.15) is 0 Å². The fourth-order valence-electron chi connectivity index (χ4n) is 1.84. The minimum Gasteiger partial charge on any atom is -0.351 e. The maximum Gasteiger partial charge on any atom is 0.230 e. The van der Waals surface area contributed by atoms with E-state index in [2.05, 4.69) is 20.8 Å². The second kappa shape index (κ2) is 7.88. The Bertz CT molecular complexity index is 631. The quantitative estimate of drug-likeness (QED) is 0.843. The van der Waals surface area contributed by atoms with Crippen LogP contribution in [0.3, 0.4) is 0 Å². The Kier molecular flexibility index (Phi) is 5.88. The van der Waals surface area contributed by atoms with E-state index in [0.29, 0.717) is 18.1 Å². The lowest BCUT2D eigenvalue weighted by molar-refractivity contribution is -0.118. The summed E-state index contributed by atoms with van der Waals surface area (Å²) in [6.45, 7) is 4.31. The van der Waals surface area contributed by atoms with E-state index in [1.165, 1.54) is 23.9 Å². The van der Waals surface area contributed by atoms with E-state index in [4.69, 9.17) is 0 Å². The van der Waals surface area contributed by atoms with Crippen LogP contribution >= 0.6 is 11.8 Å². The molecule has 1 aromatic heterocycles. The Morgan fingerprint density at radius 1 is 1.45 bits per heavy atom. The maximum atomic E-state index is 13.0. The molecule has 0 unspecified atom stereocenters. The first-order valence-electron chi connectivity index (χ1n) is 6.92. The largest absolute Gasteiger partial charge is 0.351 e. The van der Waals surface area contributed by atoms with Gasteiger partial charge in [-0.05, 0) is 42.0 Å². The molecule has 2 rings (SSSR count). The lowest BCUT2D eigenvalue weighted by Gasteiger charge is -2.08. The SMILES string of the molecule is CC(C)n1nnnc1CSCC(=O)NCc1cccc(F)c1. The Morgan fingerprint density at radius 3 is 3.00 bits per heavy atom. The molecule has 0 aliphatic heterocycles. The molecule has 0 spiro atoms. The molecule has 0 aliphatic rings. The average molecular weight is 323 g/mol. The van der Waals surface area contributed by atoms with Crippen molar-refractivity contribution >= 4 is 17.7 Å². The van der Waals surface area contributed by atoms with Gasteiger partial charge in [0.25, 0.3) is 0 Å². The summed E-state index contributed by atoms with van der Waals surface area (Å²) in [5, 5.41) is 14.2. The smallest absolute Gasteiger partial charge is 0.230 e. The molecule has 1 N–H and O–H groups in total. The minimum absolute atomic E-state index is 0.0992. The van der Waals surface area contributed by atoms with Crippen LogP contribution in [-0.2, 0) is 17.1 Å². The van der Waals surface area contributed by atoms with Crippen LogP contribution in [0.2, 0.25) is 0 Å². The first kappa shape index (κ1) is 16.4. The van der Waals surface area contributed by atoms with Crippen molar-refractivity contribution in [1.29, 1.82) is 0 Å². The van der Waals surface area contributed by atoms with Gasteiger partial charge in [0, 0.05) is 6.54 Å². The molecule has 0 saturated heterocycles. The standard InChI is InChI=1S/C14H18FN5OS/c1-10(2)20-13(17-18-19-20)8-22-9-14(21)16-7-11-4-3-5-12(15)6-11/h3-6,10H,7-9H2,1-2H3,(H,16,21). The number of nitrogens with zero attached hydrogens (tertiary/aromatic N) is 4. The summed E-state index contributed by atoms with van der Waals surface area (Å²) in [5.41, 5.74) is 0.738. The average Bonchev–Trinajstić information content (AvgIpc) is 2.94. The van der Waals surface area contributed by atoms with E-state index in [9.17, 15) is 9.18 Å². The molecular weight excluding hydrogens is 305 g/mol. The molecule has 118 valence electrons. The molecule has 0 bridgehead atoms. The van der Waals surface area contributed by atoms with Crippen LogP contribution in [0.1, 0.15) is 31.3 Å². The lowest BCUT2D eigenvalue weighted by atomic mass is 10.2. The highest BCUT2D eigenvalue weighted by Gasteiger charge is 2.10. The fraction of sp³-hybridized carbons (Fsp3) is 0.429. The zero-order chi connectivity index (χ0) is 15.9. The number of carbonyl (C=O) groups is 1. The van der Waals surface area contributed by atoms with Gasteiger partial charge in [-0.25, -0.2) is 9.07 Å². The summed E-state index contributed by atoms with van der Waals surface area (Å²) >= 11 is 1.44. The van der Waals surface area contributed by atoms with E-state index in [-0.39, 0.29) is 17.8 Å². The number of benzene rings is 1. The molecular formula is C14H18FN5OS. The van der Waals surface area contributed by atoms with Gasteiger partial charge in [0.2, 0.25) is 5.91 Å². The molecule has 1 amide bonds. The number of aromatic nitrogens is 4. The first-order chi connectivity index (χ1) is 10.6. The van der Waals surface area contributed by atoms with Crippen molar-refractivity contribution in [3.8, 4) is 0 Å². The van der Waals surface area contributed by atoms with Crippen molar-refractivity contribution in [3.05, 3.63) is 41.5 Å². The summed E-state index contributed by atoms with van der Waals surface area (Å²) in [7, 11) is 0. The number of tetrazole rings is 1. The number of nitrogens with one attached hydrogen (secondary N) is 1. The molecule has 1 aromatic carbocycles. The van der Waals surface area contributed by atoms with Crippen molar-refractivity contribution < 1.29 is 9.18 Å². The molecule has 1 heterocycles. The lowest BCUT2D eigenvalue weighted by Crippen LogP contribution is -2.24. The summed E-state index contributed by atoms with van der Waals surface area (Å²) in [5.74, 6) is 1.22. The van der Waals surface area contributed by atoms with Crippen molar-refractivity contribution in [2.75, 3.05) is 5.75 Å². The molecule has 22 heavy (non-hydrogen) atoms. The van der Waals surface area contributed by atoms with Crippen molar-refractivity contribution in [2.24, 2.45) is 0 Å². The van der Waals surface area contributed by atoms with Gasteiger partial charge in [-0.15, -0.1) is 16.9 Å². The third kappa shape index (κ3) is 4.80. The number of thioether (sulfide) groups is 1. The minimum atomic E-state index is -0.304. The number of amides is 1. The van der Waals surface area contributed by atoms with Crippen LogP contribution in [-0.4, -0.2) is 31.9 Å². The summed E-state index contributed by atoms with van der Waals surface area (Å²) in [6.07, 6.45) is 0. The topological polar surface area (TPSA) is 72.7 Å².